The predicted octanol–water partition coefficient (Wildman–Crippen LogP) is 4.53. The van der Waals surface area contributed by atoms with Crippen molar-refractivity contribution in [2.24, 2.45) is 0 Å². The van der Waals surface area contributed by atoms with Crippen LogP contribution in [0, 0.1) is 0 Å². The second-order valence-corrected chi connectivity index (χ2v) is 7.21. The lowest BCUT2D eigenvalue weighted by atomic mass is 10.0. The molecule has 0 saturated heterocycles. The standard InChI is InChI=1S/C20H22ClN3O2/c1-12(20(2,3)25)23-19-22-11-13-9-15(14-7-5-6-8-16(14)21)18(26-4)10-17(13)24-19/h5-12,25H,1-4H3,(H,22,23,24)/t12-/m1/s1. The number of nitrogens with one attached hydrogen (secondary N) is 1. The Morgan fingerprint density at radius 2 is 1.92 bits per heavy atom. The molecule has 0 amide bonds. The molecule has 0 aliphatic carbocycles. The van der Waals surface area contributed by atoms with Crippen LogP contribution in [0.15, 0.2) is 42.6 Å². The van der Waals surface area contributed by atoms with Gasteiger partial charge in [0.15, 0.2) is 0 Å². The van der Waals surface area contributed by atoms with Crippen molar-refractivity contribution in [3.63, 3.8) is 0 Å². The summed E-state index contributed by atoms with van der Waals surface area (Å²) >= 11 is 6.34. The first-order valence-corrected chi connectivity index (χ1v) is 8.76. The predicted molar refractivity (Wildman–Crippen MR) is 106 cm³/mol. The van der Waals surface area contributed by atoms with Gasteiger partial charge in [0.05, 0.1) is 24.3 Å². The highest BCUT2D eigenvalue weighted by Crippen LogP contribution is 2.37. The summed E-state index contributed by atoms with van der Waals surface area (Å²) in [5.74, 6) is 1.14. The monoisotopic (exact) mass is 371 g/mol. The number of anilines is 1. The van der Waals surface area contributed by atoms with Gasteiger partial charge < -0.3 is 15.2 Å². The number of ether oxygens (including phenoxy) is 1. The van der Waals surface area contributed by atoms with Crippen LogP contribution in [0.4, 0.5) is 5.95 Å². The highest BCUT2D eigenvalue weighted by molar-refractivity contribution is 6.33. The van der Waals surface area contributed by atoms with Gasteiger partial charge in [0.25, 0.3) is 0 Å². The van der Waals surface area contributed by atoms with E-state index in [1.54, 1.807) is 27.2 Å². The molecular weight excluding hydrogens is 350 g/mol. The molecule has 0 saturated carbocycles. The van der Waals surface area contributed by atoms with Gasteiger partial charge >= 0.3 is 0 Å². The van der Waals surface area contributed by atoms with Crippen molar-refractivity contribution in [2.45, 2.75) is 32.4 Å². The summed E-state index contributed by atoms with van der Waals surface area (Å²) in [6, 6.07) is 11.3. The molecule has 0 fully saturated rings. The molecule has 5 nitrogen and oxygen atoms in total. The third-order valence-corrected chi connectivity index (χ3v) is 4.80. The maximum atomic E-state index is 10.1. The molecule has 2 N–H and O–H groups in total. The van der Waals surface area contributed by atoms with Gasteiger partial charge in [0.2, 0.25) is 5.95 Å². The molecule has 1 atom stereocenters. The molecule has 3 aromatic rings. The summed E-state index contributed by atoms with van der Waals surface area (Å²) in [5, 5.41) is 14.7. The zero-order chi connectivity index (χ0) is 18.9. The lowest BCUT2D eigenvalue weighted by Gasteiger charge is -2.26. The highest BCUT2D eigenvalue weighted by atomic mass is 35.5. The van der Waals surface area contributed by atoms with Crippen molar-refractivity contribution < 1.29 is 9.84 Å². The molecule has 0 bridgehead atoms. The molecular formula is C20H22ClN3O2. The van der Waals surface area contributed by atoms with Crippen LogP contribution >= 0.6 is 11.6 Å². The molecule has 3 rings (SSSR count). The molecule has 0 aliphatic heterocycles. The highest BCUT2D eigenvalue weighted by Gasteiger charge is 2.23. The number of nitrogens with zero attached hydrogens (tertiary/aromatic N) is 2. The number of rotatable bonds is 5. The van der Waals surface area contributed by atoms with E-state index in [1.807, 2.05) is 43.3 Å². The Balaban J connectivity index is 2.05. The second kappa shape index (κ2) is 7.09. The number of aromatic nitrogens is 2. The van der Waals surface area contributed by atoms with E-state index in [2.05, 4.69) is 15.3 Å². The van der Waals surface area contributed by atoms with Crippen LogP contribution < -0.4 is 10.1 Å². The third kappa shape index (κ3) is 3.74. The third-order valence-electron chi connectivity index (χ3n) is 4.47. The van der Waals surface area contributed by atoms with Crippen molar-refractivity contribution in [3.05, 3.63) is 47.6 Å². The molecule has 1 heterocycles. The van der Waals surface area contributed by atoms with Crippen molar-refractivity contribution in [1.82, 2.24) is 9.97 Å². The minimum absolute atomic E-state index is 0.204. The number of benzene rings is 2. The number of fused-ring (bicyclic) bond motifs is 1. The van der Waals surface area contributed by atoms with Crippen LogP contribution in [-0.2, 0) is 0 Å². The lowest BCUT2D eigenvalue weighted by Crippen LogP contribution is -2.39. The summed E-state index contributed by atoms with van der Waals surface area (Å²) in [7, 11) is 1.62. The Kier molecular flexibility index (Phi) is 5.03. The van der Waals surface area contributed by atoms with Gasteiger partial charge in [0, 0.05) is 33.8 Å². The number of hydrogen-bond donors (Lipinski definition) is 2. The Hall–Kier alpha value is -2.37. The van der Waals surface area contributed by atoms with Gasteiger partial charge in [-0.15, -0.1) is 0 Å². The fraction of sp³-hybridized carbons (Fsp3) is 0.300. The second-order valence-electron chi connectivity index (χ2n) is 6.80. The molecule has 1 aromatic heterocycles. The van der Waals surface area contributed by atoms with E-state index >= 15 is 0 Å². The van der Waals surface area contributed by atoms with Crippen LogP contribution in [-0.4, -0.2) is 33.8 Å². The Morgan fingerprint density at radius 3 is 2.58 bits per heavy atom. The Labute approximate surface area is 158 Å². The van der Waals surface area contributed by atoms with Crippen molar-refractivity contribution in [3.8, 4) is 16.9 Å². The van der Waals surface area contributed by atoms with Crippen LogP contribution in [0.25, 0.3) is 22.0 Å². The summed E-state index contributed by atoms with van der Waals surface area (Å²) in [6.07, 6.45) is 1.75. The minimum atomic E-state index is -0.885. The van der Waals surface area contributed by atoms with Gasteiger partial charge in [0.1, 0.15) is 5.75 Å². The van der Waals surface area contributed by atoms with E-state index < -0.39 is 5.60 Å². The zero-order valence-electron chi connectivity index (χ0n) is 15.2. The SMILES string of the molecule is COc1cc2nc(N[C@H](C)C(C)(C)O)ncc2cc1-c1ccccc1Cl. The van der Waals surface area contributed by atoms with E-state index in [1.165, 1.54) is 0 Å². The van der Waals surface area contributed by atoms with E-state index in [4.69, 9.17) is 16.3 Å². The smallest absolute Gasteiger partial charge is 0.223 e. The van der Waals surface area contributed by atoms with Crippen molar-refractivity contribution in [1.29, 1.82) is 0 Å². The van der Waals surface area contributed by atoms with Gasteiger partial charge in [-0.25, -0.2) is 9.97 Å². The molecule has 26 heavy (non-hydrogen) atoms. The van der Waals surface area contributed by atoms with E-state index in [0.29, 0.717) is 16.7 Å². The number of aliphatic hydroxyl groups is 1. The van der Waals surface area contributed by atoms with Gasteiger partial charge in [-0.2, -0.15) is 0 Å². The van der Waals surface area contributed by atoms with Gasteiger partial charge in [-0.05, 0) is 32.9 Å². The maximum absolute atomic E-state index is 10.1. The molecule has 136 valence electrons. The summed E-state index contributed by atoms with van der Waals surface area (Å²) in [6.45, 7) is 5.36. The summed E-state index contributed by atoms with van der Waals surface area (Å²) < 4.78 is 5.56. The van der Waals surface area contributed by atoms with E-state index in [0.717, 1.165) is 22.0 Å². The molecule has 2 aromatic carbocycles. The topological polar surface area (TPSA) is 67.3 Å². The van der Waals surface area contributed by atoms with Crippen LogP contribution in [0.5, 0.6) is 5.75 Å². The van der Waals surface area contributed by atoms with Crippen molar-refractivity contribution >= 4 is 28.5 Å². The minimum Gasteiger partial charge on any atom is -0.496 e. The normalized spacial score (nSPS) is 12.8. The van der Waals surface area contributed by atoms with Crippen molar-refractivity contribution in [2.75, 3.05) is 12.4 Å². The molecule has 0 spiro atoms. The van der Waals surface area contributed by atoms with Crippen LogP contribution in [0.2, 0.25) is 5.02 Å². The van der Waals surface area contributed by atoms with Crippen LogP contribution in [0.1, 0.15) is 20.8 Å². The molecule has 0 radical (unpaired) electrons. The molecule has 6 heteroatoms. The maximum Gasteiger partial charge on any atom is 0.223 e. The first kappa shape index (κ1) is 18.4. The number of hydrogen-bond acceptors (Lipinski definition) is 5. The molecule has 0 unspecified atom stereocenters. The summed E-state index contributed by atoms with van der Waals surface area (Å²) in [5.41, 5.74) is 1.65. The Morgan fingerprint density at radius 1 is 1.19 bits per heavy atom. The van der Waals surface area contributed by atoms with Gasteiger partial charge in [-0.3, -0.25) is 0 Å². The molecule has 0 aliphatic rings. The first-order valence-electron chi connectivity index (χ1n) is 8.38. The fourth-order valence-electron chi connectivity index (χ4n) is 2.56. The summed E-state index contributed by atoms with van der Waals surface area (Å²) in [4.78, 5) is 8.91. The van der Waals surface area contributed by atoms with E-state index in [-0.39, 0.29) is 6.04 Å². The Bertz CT molecular complexity index is 938. The number of halogens is 1. The average Bonchev–Trinajstić information content (AvgIpc) is 2.60. The average molecular weight is 372 g/mol. The first-order chi connectivity index (χ1) is 12.3. The van der Waals surface area contributed by atoms with Crippen LogP contribution in [0.3, 0.4) is 0 Å². The van der Waals surface area contributed by atoms with Gasteiger partial charge in [-0.1, -0.05) is 29.8 Å². The quantitative estimate of drug-likeness (QED) is 0.689. The lowest BCUT2D eigenvalue weighted by molar-refractivity contribution is 0.0646. The zero-order valence-corrected chi connectivity index (χ0v) is 16.0. The van der Waals surface area contributed by atoms with E-state index in [9.17, 15) is 5.11 Å². The number of methoxy groups -OCH3 is 1. The fourth-order valence-corrected chi connectivity index (χ4v) is 2.80. The largest absolute Gasteiger partial charge is 0.496 e.